The third kappa shape index (κ3) is 3.37. The highest BCUT2D eigenvalue weighted by Crippen LogP contribution is 2.34. The van der Waals surface area contributed by atoms with E-state index in [1.807, 2.05) is 24.3 Å². The number of benzene rings is 1. The van der Waals surface area contributed by atoms with Gasteiger partial charge in [0.2, 0.25) is 0 Å². The molecule has 3 rings (SSSR count). The summed E-state index contributed by atoms with van der Waals surface area (Å²) in [6, 6.07) is 7.54. The van der Waals surface area contributed by atoms with Crippen molar-refractivity contribution in [2.45, 2.75) is 38.3 Å². The Balaban J connectivity index is 1.58. The van der Waals surface area contributed by atoms with Gasteiger partial charge in [-0.1, -0.05) is 24.3 Å². The van der Waals surface area contributed by atoms with E-state index in [-0.39, 0.29) is 12.6 Å². The second-order valence-corrected chi connectivity index (χ2v) is 5.93. The SMILES string of the molecule is Cc1ocnc1CNC(=O)NCC1(O)CCCc2ccccc21. The molecule has 23 heavy (non-hydrogen) atoms. The predicted octanol–water partition coefficient (Wildman–Crippen LogP) is 2.01. The van der Waals surface area contributed by atoms with E-state index in [0.717, 1.165) is 24.0 Å². The molecule has 0 bridgehead atoms. The van der Waals surface area contributed by atoms with Crippen molar-refractivity contribution in [2.75, 3.05) is 6.54 Å². The summed E-state index contributed by atoms with van der Waals surface area (Å²) in [4.78, 5) is 16.0. The second kappa shape index (κ2) is 6.42. The molecule has 1 unspecified atom stereocenters. The minimum atomic E-state index is -1.00. The number of oxazole rings is 1. The number of nitrogens with one attached hydrogen (secondary N) is 2. The van der Waals surface area contributed by atoms with Crippen molar-refractivity contribution in [3.63, 3.8) is 0 Å². The molecule has 122 valence electrons. The van der Waals surface area contributed by atoms with Gasteiger partial charge < -0.3 is 20.2 Å². The third-order valence-corrected chi connectivity index (χ3v) is 4.36. The first kappa shape index (κ1) is 15.6. The quantitative estimate of drug-likeness (QED) is 0.805. The molecule has 0 aliphatic heterocycles. The lowest BCUT2D eigenvalue weighted by Gasteiger charge is -2.34. The molecule has 1 atom stereocenters. The average Bonchev–Trinajstić information content (AvgIpc) is 2.97. The van der Waals surface area contributed by atoms with Gasteiger partial charge in [-0.2, -0.15) is 0 Å². The van der Waals surface area contributed by atoms with Gasteiger partial charge in [-0.15, -0.1) is 0 Å². The van der Waals surface area contributed by atoms with Crippen LogP contribution in [0.1, 0.15) is 35.4 Å². The number of hydrogen-bond acceptors (Lipinski definition) is 4. The topological polar surface area (TPSA) is 87.4 Å². The summed E-state index contributed by atoms with van der Waals surface area (Å²) in [5.41, 5.74) is 1.76. The van der Waals surface area contributed by atoms with Gasteiger partial charge in [0.1, 0.15) is 17.1 Å². The number of carbonyl (C=O) groups excluding carboxylic acids is 1. The summed E-state index contributed by atoms with van der Waals surface area (Å²) in [5, 5.41) is 16.4. The van der Waals surface area contributed by atoms with Gasteiger partial charge in [0.05, 0.1) is 13.1 Å². The fraction of sp³-hybridized carbons (Fsp3) is 0.412. The van der Waals surface area contributed by atoms with Gasteiger partial charge in [0, 0.05) is 0 Å². The highest BCUT2D eigenvalue weighted by Gasteiger charge is 2.34. The van der Waals surface area contributed by atoms with Gasteiger partial charge >= 0.3 is 6.03 Å². The van der Waals surface area contributed by atoms with Crippen LogP contribution in [0.2, 0.25) is 0 Å². The van der Waals surface area contributed by atoms with E-state index in [9.17, 15) is 9.90 Å². The maximum atomic E-state index is 12.0. The molecular weight excluding hydrogens is 294 g/mol. The van der Waals surface area contributed by atoms with E-state index in [1.165, 1.54) is 6.39 Å². The Bertz CT molecular complexity index is 698. The van der Waals surface area contributed by atoms with Crippen molar-refractivity contribution in [3.05, 3.63) is 53.2 Å². The molecule has 1 aliphatic rings. The summed E-state index contributed by atoms with van der Waals surface area (Å²) in [7, 11) is 0. The number of carbonyl (C=O) groups is 1. The number of amides is 2. The minimum Gasteiger partial charge on any atom is -0.448 e. The summed E-state index contributed by atoms with van der Waals surface area (Å²) in [5.74, 6) is 0.685. The minimum absolute atomic E-state index is 0.188. The molecule has 0 saturated heterocycles. The summed E-state index contributed by atoms with van der Waals surface area (Å²) in [6.45, 7) is 2.28. The number of rotatable bonds is 4. The van der Waals surface area contributed by atoms with Gasteiger partial charge in [-0.3, -0.25) is 0 Å². The molecule has 0 fully saturated rings. The zero-order chi connectivity index (χ0) is 16.3. The zero-order valence-electron chi connectivity index (χ0n) is 13.1. The van der Waals surface area contributed by atoms with Crippen LogP contribution in [0, 0.1) is 6.92 Å². The van der Waals surface area contributed by atoms with E-state index >= 15 is 0 Å². The molecule has 6 heteroatoms. The summed E-state index contributed by atoms with van der Waals surface area (Å²) < 4.78 is 5.08. The molecule has 0 saturated carbocycles. The zero-order valence-corrected chi connectivity index (χ0v) is 13.1. The van der Waals surface area contributed by atoms with Crippen molar-refractivity contribution < 1.29 is 14.3 Å². The van der Waals surface area contributed by atoms with Gasteiger partial charge in [-0.25, -0.2) is 9.78 Å². The standard InChI is InChI=1S/C17H21N3O3/c1-12-15(20-11-23-12)9-18-16(21)19-10-17(22)8-4-6-13-5-2-3-7-14(13)17/h2-3,5,7,11,22H,4,6,8-10H2,1H3,(H2,18,19,21). The molecular formula is C17H21N3O3. The molecule has 2 aromatic rings. The number of fused-ring (bicyclic) bond motifs is 1. The van der Waals surface area contributed by atoms with E-state index in [4.69, 9.17) is 4.42 Å². The van der Waals surface area contributed by atoms with Crippen LogP contribution >= 0.6 is 0 Å². The number of urea groups is 1. The second-order valence-electron chi connectivity index (χ2n) is 5.93. The Hall–Kier alpha value is -2.34. The molecule has 1 aliphatic carbocycles. The van der Waals surface area contributed by atoms with Crippen LogP contribution in [0.5, 0.6) is 0 Å². The van der Waals surface area contributed by atoms with Crippen molar-refractivity contribution in [3.8, 4) is 0 Å². The molecule has 0 spiro atoms. The van der Waals surface area contributed by atoms with Crippen LogP contribution in [0.25, 0.3) is 0 Å². The van der Waals surface area contributed by atoms with Crippen LogP contribution in [0.3, 0.4) is 0 Å². The van der Waals surface area contributed by atoms with Gasteiger partial charge in [0.15, 0.2) is 6.39 Å². The van der Waals surface area contributed by atoms with Crippen LogP contribution in [-0.4, -0.2) is 22.7 Å². The van der Waals surface area contributed by atoms with E-state index in [2.05, 4.69) is 15.6 Å². The summed E-state index contributed by atoms with van der Waals surface area (Å²) in [6.07, 6.45) is 3.88. The number of hydrogen-bond donors (Lipinski definition) is 3. The average molecular weight is 315 g/mol. The Morgan fingerprint density at radius 1 is 1.39 bits per heavy atom. The van der Waals surface area contributed by atoms with Crippen LogP contribution in [0.15, 0.2) is 35.1 Å². The summed E-state index contributed by atoms with van der Waals surface area (Å²) >= 11 is 0. The number of aromatic nitrogens is 1. The molecule has 6 nitrogen and oxygen atoms in total. The molecule has 3 N–H and O–H groups in total. The monoisotopic (exact) mass is 315 g/mol. The van der Waals surface area contributed by atoms with Crippen LogP contribution in [-0.2, 0) is 18.6 Å². The Morgan fingerprint density at radius 3 is 3.00 bits per heavy atom. The normalized spacial score (nSPS) is 19.9. The Morgan fingerprint density at radius 2 is 2.22 bits per heavy atom. The number of nitrogens with zero attached hydrogens (tertiary/aromatic N) is 1. The van der Waals surface area contributed by atoms with Gasteiger partial charge in [0.25, 0.3) is 0 Å². The highest BCUT2D eigenvalue weighted by molar-refractivity contribution is 5.73. The molecule has 1 aromatic carbocycles. The maximum absolute atomic E-state index is 12.0. The lowest BCUT2D eigenvalue weighted by molar-refractivity contribution is 0.0217. The first-order valence-electron chi connectivity index (χ1n) is 7.80. The Kier molecular flexibility index (Phi) is 4.34. The van der Waals surface area contributed by atoms with Crippen molar-refractivity contribution in [1.82, 2.24) is 15.6 Å². The maximum Gasteiger partial charge on any atom is 0.315 e. The Labute approximate surface area is 134 Å². The molecule has 2 amide bonds. The van der Waals surface area contributed by atoms with Gasteiger partial charge in [-0.05, 0) is 37.3 Å². The van der Waals surface area contributed by atoms with Crippen molar-refractivity contribution in [1.29, 1.82) is 0 Å². The number of aliphatic hydroxyl groups is 1. The fourth-order valence-electron chi connectivity index (χ4n) is 3.03. The lowest BCUT2D eigenvalue weighted by Crippen LogP contribution is -2.46. The van der Waals surface area contributed by atoms with E-state index in [0.29, 0.717) is 24.4 Å². The smallest absolute Gasteiger partial charge is 0.315 e. The lowest BCUT2D eigenvalue weighted by atomic mass is 9.79. The highest BCUT2D eigenvalue weighted by atomic mass is 16.3. The first-order chi connectivity index (χ1) is 11.1. The van der Waals surface area contributed by atoms with E-state index < -0.39 is 5.60 Å². The van der Waals surface area contributed by atoms with Crippen LogP contribution in [0.4, 0.5) is 4.79 Å². The number of aryl methyl sites for hydroxylation is 2. The first-order valence-corrected chi connectivity index (χ1v) is 7.80. The van der Waals surface area contributed by atoms with Crippen molar-refractivity contribution in [2.24, 2.45) is 0 Å². The van der Waals surface area contributed by atoms with Crippen molar-refractivity contribution >= 4 is 6.03 Å². The molecule has 0 radical (unpaired) electrons. The largest absolute Gasteiger partial charge is 0.448 e. The molecule has 1 heterocycles. The van der Waals surface area contributed by atoms with E-state index in [1.54, 1.807) is 6.92 Å². The fourth-order valence-corrected chi connectivity index (χ4v) is 3.03. The van der Waals surface area contributed by atoms with Crippen LogP contribution < -0.4 is 10.6 Å². The third-order valence-electron chi connectivity index (χ3n) is 4.36. The molecule has 1 aromatic heterocycles. The predicted molar refractivity (Wildman–Crippen MR) is 84.8 cm³/mol.